The standard InChI is InChI=1S/C11H22N2O2/c1-5-15-6-10(8(2)3)13-7-12-9(4)11(13)14/h8-10,12H,5-7H2,1-4H3. The maximum absolute atomic E-state index is 11.8. The minimum Gasteiger partial charge on any atom is -0.380 e. The lowest BCUT2D eigenvalue weighted by atomic mass is 10.0. The normalized spacial score (nSPS) is 23.9. The summed E-state index contributed by atoms with van der Waals surface area (Å²) in [6, 6.07) is 0.141. The van der Waals surface area contributed by atoms with Gasteiger partial charge in [0.1, 0.15) is 0 Å². The van der Waals surface area contributed by atoms with E-state index in [0.717, 1.165) is 0 Å². The SMILES string of the molecule is CCOCC(C(C)C)N1CNC(C)C1=O. The summed E-state index contributed by atoms with van der Waals surface area (Å²) < 4.78 is 5.43. The van der Waals surface area contributed by atoms with Crippen LogP contribution in [0.5, 0.6) is 0 Å². The molecule has 1 rings (SSSR count). The van der Waals surface area contributed by atoms with Crippen LogP contribution in [0.1, 0.15) is 27.7 Å². The van der Waals surface area contributed by atoms with Gasteiger partial charge in [-0.15, -0.1) is 0 Å². The molecule has 1 aliphatic heterocycles. The lowest BCUT2D eigenvalue weighted by molar-refractivity contribution is -0.132. The third kappa shape index (κ3) is 2.92. The molecule has 0 radical (unpaired) electrons. The molecule has 1 aliphatic rings. The van der Waals surface area contributed by atoms with E-state index in [1.807, 2.05) is 18.7 Å². The van der Waals surface area contributed by atoms with E-state index in [1.165, 1.54) is 0 Å². The molecule has 1 heterocycles. The average Bonchev–Trinajstić information content (AvgIpc) is 2.50. The van der Waals surface area contributed by atoms with Crippen molar-refractivity contribution < 1.29 is 9.53 Å². The highest BCUT2D eigenvalue weighted by Crippen LogP contribution is 2.15. The molecule has 0 aliphatic carbocycles. The van der Waals surface area contributed by atoms with Gasteiger partial charge in [0.2, 0.25) is 5.91 Å². The van der Waals surface area contributed by atoms with E-state index in [1.54, 1.807) is 0 Å². The predicted octanol–water partition coefficient (Wildman–Crippen LogP) is 0.825. The molecule has 0 aromatic rings. The topological polar surface area (TPSA) is 41.6 Å². The van der Waals surface area contributed by atoms with Crippen LogP contribution in [0.2, 0.25) is 0 Å². The van der Waals surface area contributed by atoms with Crippen molar-refractivity contribution in [2.75, 3.05) is 19.9 Å². The fourth-order valence-corrected chi connectivity index (χ4v) is 1.81. The van der Waals surface area contributed by atoms with E-state index >= 15 is 0 Å². The van der Waals surface area contributed by atoms with Crippen molar-refractivity contribution in [3.8, 4) is 0 Å². The largest absolute Gasteiger partial charge is 0.380 e. The first-order valence-corrected chi connectivity index (χ1v) is 5.69. The highest BCUT2D eigenvalue weighted by molar-refractivity contribution is 5.83. The summed E-state index contributed by atoms with van der Waals surface area (Å²) in [4.78, 5) is 13.7. The smallest absolute Gasteiger partial charge is 0.240 e. The summed E-state index contributed by atoms with van der Waals surface area (Å²) >= 11 is 0. The lowest BCUT2D eigenvalue weighted by Crippen LogP contribution is -2.44. The molecule has 4 nitrogen and oxygen atoms in total. The number of hydrogen-bond donors (Lipinski definition) is 1. The number of hydrogen-bond acceptors (Lipinski definition) is 3. The van der Waals surface area contributed by atoms with Gasteiger partial charge in [-0.1, -0.05) is 13.8 Å². The van der Waals surface area contributed by atoms with Crippen LogP contribution < -0.4 is 5.32 Å². The zero-order valence-corrected chi connectivity index (χ0v) is 10.1. The fraction of sp³-hybridized carbons (Fsp3) is 0.909. The van der Waals surface area contributed by atoms with Crippen LogP contribution in [0.25, 0.3) is 0 Å². The van der Waals surface area contributed by atoms with Gasteiger partial charge in [-0.25, -0.2) is 0 Å². The van der Waals surface area contributed by atoms with Crippen LogP contribution in [0.4, 0.5) is 0 Å². The van der Waals surface area contributed by atoms with Crippen LogP contribution in [-0.2, 0) is 9.53 Å². The van der Waals surface area contributed by atoms with E-state index < -0.39 is 0 Å². The minimum absolute atomic E-state index is 0.0483. The fourth-order valence-electron chi connectivity index (χ4n) is 1.81. The minimum atomic E-state index is -0.0483. The van der Waals surface area contributed by atoms with Crippen LogP contribution in [0.15, 0.2) is 0 Å². The number of carbonyl (C=O) groups is 1. The molecular formula is C11H22N2O2. The Morgan fingerprint density at radius 1 is 1.60 bits per heavy atom. The molecule has 88 valence electrons. The molecule has 1 N–H and O–H groups in total. The van der Waals surface area contributed by atoms with Gasteiger partial charge in [0, 0.05) is 6.61 Å². The molecule has 2 unspecified atom stereocenters. The Kier molecular flexibility index (Phi) is 4.54. The quantitative estimate of drug-likeness (QED) is 0.737. The molecular weight excluding hydrogens is 192 g/mol. The Bertz CT molecular complexity index is 219. The first-order chi connectivity index (χ1) is 7.07. The summed E-state index contributed by atoms with van der Waals surface area (Å²) in [7, 11) is 0. The molecule has 0 aromatic heterocycles. The van der Waals surface area contributed by atoms with Gasteiger partial charge in [0.15, 0.2) is 0 Å². The van der Waals surface area contributed by atoms with Crippen molar-refractivity contribution in [1.82, 2.24) is 10.2 Å². The number of amides is 1. The van der Waals surface area contributed by atoms with E-state index in [9.17, 15) is 4.79 Å². The second kappa shape index (κ2) is 5.47. The molecule has 1 fully saturated rings. The third-order valence-electron chi connectivity index (χ3n) is 2.88. The first-order valence-electron chi connectivity index (χ1n) is 5.69. The summed E-state index contributed by atoms with van der Waals surface area (Å²) in [5.74, 6) is 0.612. The Balaban J connectivity index is 2.59. The summed E-state index contributed by atoms with van der Waals surface area (Å²) in [5, 5.41) is 3.15. The van der Waals surface area contributed by atoms with Gasteiger partial charge in [0.25, 0.3) is 0 Å². The average molecular weight is 214 g/mol. The zero-order chi connectivity index (χ0) is 11.4. The summed E-state index contributed by atoms with van der Waals surface area (Å²) in [5.41, 5.74) is 0. The number of rotatable bonds is 5. The molecule has 15 heavy (non-hydrogen) atoms. The molecule has 1 saturated heterocycles. The maximum atomic E-state index is 11.8. The van der Waals surface area contributed by atoms with Gasteiger partial charge < -0.3 is 9.64 Å². The van der Waals surface area contributed by atoms with E-state index in [2.05, 4.69) is 19.2 Å². The van der Waals surface area contributed by atoms with Crippen LogP contribution in [0.3, 0.4) is 0 Å². The van der Waals surface area contributed by atoms with Crippen molar-refractivity contribution in [3.05, 3.63) is 0 Å². The Labute approximate surface area is 92.0 Å². The molecule has 4 heteroatoms. The highest BCUT2D eigenvalue weighted by atomic mass is 16.5. The third-order valence-corrected chi connectivity index (χ3v) is 2.88. The van der Waals surface area contributed by atoms with Crippen LogP contribution in [0, 0.1) is 5.92 Å². The van der Waals surface area contributed by atoms with Crippen molar-refractivity contribution >= 4 is 5.91 Å². The van der Waals surface area contributed by atoms with E-state index in [-0.39, 0.29) is 18.0 Å². The van der Waals surface area contributed by atoms with Gasteiger partial charge in [0.05, 0.1) is 25.4 Å². The predicted molar refractivity (Wildman–Crippen MR) is 59.4 cm³/mol. The Hall–Kier alpha value is -0.610. The number of ether oxygens (including phenoxy) is 1. The van der Waals surface area contributed by atoms with Crippen molar-refractivity contribution in [3.63, 3.8) is 0 Å². The van der Waals surface area contributed by atoms with Crippen LogP contribution in [-0.4, -0.2) is 42.8 Å². The molecule has 0 aromatic carbocycles. The number of nitrogens with zero attached hydrogens (tertiary/aromatic N) is 1. The Morgan fingerprint density at radius 2 is 2.27 bits per heavy atom. The number of carbonyl (C=O) groups excluding carboxylic acids is 1. The van der Waals surface area contributed by atoms with Crippen molar-refractivity contribution in [2.24, 2.45) is 5.92 Å². The number of nitrogens with one attached hydrogen (secondary N) is 1. The van der Waals surface area contributed by atoms with Gasteiger partial charge >= 0.3 is 0 Å². The summed E-state index contributed by atoms with van der Waals surface area (Å²) in [6.07, 6.45) is 0. The second-order valence-corrected chi connectivity index (χ2v) is 4.36. The Morgan fingerprint density at radius 3 is 2.67 bits per heavy atom. The molecule has 2 atom stereocenters. The van der Waals surface area contributed by atoms with Gasteiger partial charge in [-0.3, -0.25) is 10.1 Å². The van der Waals surface area contributed by atoms with Crippen molar-refractivity contribution in [2.45, 2.75) is 39.8 Å². The van der Waals surface area contributed by atoms with Gasteiger partial charge in [-0.05, 0) is 19.8 Å². The monoisotopic (exact) mass is 214 g/mol. The molecule has 0 bridgehead atoms. The lowest BCUT2D eigenvalue weighted by Gasteiger charge is -2.30. The first kappa shape index (κ1) is 12.5. The van der Waals surface area contributed by atoms with E-state index in [0.29, 0.717) is 25.8 Å². The molecule has 0 spiro atoms. The molecule has 0 saturated carbocycles. The second-order valence-electron chi connectivity index (χ2n) is 4.36. The zero-order valence-electron chi connectivity index (χ0n) is 10.1. The van der Waals surface area contributed by atoms with Crippen molar-refractivity contribution in [1.29, 1.82) is 0 Å². The van der Waals surface area contributed by atoms with Gasteiger partial charge in [-0.2, -0.15) is 0 Å². The summed E-state index contributed by atoms with van der Waals surface area (Å²) in [6.45, 7) is 10.1. The molecule has 1 amide bonds. The highest BCUT2D eigenvalue weighted by Gasteiger charge is 2.34. The van der Waals surface area contributed by atoms with Crippen LogP contribution >= 0.6 is 0 Å². The van der Waals surface area contributed by atoms with E-state index in [4.69, 9.17) is 4.74 Å². The maximum Gasteiger partial charge on any atom is 0.240 e.